The average molecular weight is 419 g/mol. The van der Waals surface area contributed by atoms with Crippen molar-refractivity contribution in [2.24, 2.45) is 5.92 Å². The summed E-state index contributed by atoms with van der Waals surface area (Å²) in [6, 6.07) is 18.2. The molecule has 0 aliphatic carbocycles. The Balaban J connectivity index is 1.29. The third-order valence-electron chi connectivity index (χ3n) is 5.22. The predicted molar refractivity (Wildman–Crippen MR) is 114 cm³/mol. The highest BCUT2D eigenvalue weighted by atomic mass is 19.1. The summed E-state index contributed by atoms with van der Waals surface area (Å²) < 4.78 is 19.2. The molecule has 1 aromatic heterocycles. The first-order valence-electron chi connectivity index (χ1n) is 10.1. The first kappa shape index (κ1) is 20.5. The molecule has 3 aromatic rings. The lowest BCUT2D eigenvalue weighted by Crippen LogP contribution is -2.41. The number of pyridine rings is 1. The summed E-state index contributed by atoms with van der Waals surface area (Å²) >= 11 is 0. The van der Waals surface area contributed by atoms with Gasteiger partial charge in [0.05, 0.1) is 0 Å². The zero-order chi connectivity index (χ0) is 21.6. The summed E-state index contributed by atoms with van der Waals surface area (Å²) in [6.07, 6.45) is 2.79. The standard InChI is InChI=1S/C24H22FN3O3/c25-20-5-1-2-7-22(20)31-19-10-8-18(9-11-19)27-23(29)17-12-15-28(16-13-17)24(30)21-6-3-4-14-26-21/h1-11,14,17H,12-13,15-16H2,(H,27,29). The molecule has 0 saturated carbocycles. The van der Waals surface area contributed by atoms with E-state index in [0.717, 1.165) is 0 Å². The van der Waals surface area contributed by atoms with Gasteiger partial charge in [0.1, 0.15) is 11.4 Å². The molecule has 2 aromatic carbocycles. The van der Waals surface area contributed by atoms with Crippen molar-refractivity contribution < 1.29 is 18.7 Å². The molecule has 0 spiro atoms. The van der Waals surface area contributed by atoms with E-state index in [-0.39, 0.29) is 23.5 Å². The molecule has 1 saturated heterocycles. The van der Waals surface area contributed by atoms with Crippen molar-refractivity contribution in [3.63, 3.8) is 0 Å². The van der Waals surface area contributed by atoms with Crippen LogP contribution in [0.15, 0.2) is 72.9 Å². The molecule has 0 atom stereocenters. The van der Waals surface area contributed by atoms with Gasteiger partial charge in [0.25, 0.3) is 5.91 Å². The fraction of sp³-hybridized carbons (Fsp3) is 0.208. The number of benzene rings is 2. The summed E-state index contributed by atoms with van der Waals surface area (Å²) in [7, 11) is 0. The highest BCUT2D eigenvalue weighted by Gasteiger charge is 2.28. The Morgan fingerprint density at radius 2 is 1.68 bits per heavy atom. The number of piperidine rings is 1. The first-order valence-corrected chi connectivity index (χ1v) is 10.1. The van der Waals surface area contributed by atoms with Gasteiger partial charge >= 0.3 is 0 Å². The van der Waals surface area contributed by atoms with Gasteiger partial charge in [0.2, 0.25) is 5.91 Å². The maximum Gasteiger partial charge on any atom is 0.272 e. The number of halogens is 1. The van der Waals surface area contributed by atoms with Crippen LogP contribution in [-0.4, -0.2) is 34.8 Å². The summed E-state index contributed by atoms with van der Waals surface area (Å²) in [5.74, 6) is -0.164. The summed E-state index contributed by atoms with van der Waals surface area (Å²) in [5.41, 5.74) is 1.06. The van der Waals surface area contributed by atoms with Crippen molar-refractivity contribution in [1.29, 1.82) is 0 Å². The molecule has 4 rings (SSSR count). The summed E-state index contributed by atoms with van der Waals surface area (Å²) in [6.45, 7) is 1.03. The Kier molecular flexibility index (Phi) is 6.21. The number of amides is 2. The van der Waals surface area contributed by atoms with Gasteiger partial charge in [-0.05, 0) is 61.4 Å². The van der Waals surface area contributed by atoms with E-state index in [4.69, 9.17) is 4.74 Å². The zero-order valence-electron chi connectivity index (χ0n) is 16.8. The summed E-state index contributed by atoms with van der Waals surface area (Å²) in [5, 5.41) is 2.91. The second-order valence-electron chi connectivity index (χ2n) is 7.33. The monoisotopic (exact) mass is 419 g/mol. The number of anilines is 1. The van der Waals surface area contributed by atoms with E-state index < -0.39 is 5.82 Å². The Labute approximate surface area is 179 Å². The van der Waals surface area contributed by atoms with Gasteiger partial charge in [0, 0.05) is 30.9 Å². The number of hydrogen-bond donors (Lipinski definition) is 1. The van der Waals surface area contributed by atoms with E-state index >= 15 is 0 Å². The van der Waals surface area contributed by atoms with Gasteiger partial charge in [-0.3, -0.25) is 14.6 Å². The van der Waals surface area contributed by atoms with E-state index in [1.54, 1.807) is 71.8 Å². The Morgan fingerprint density at radius 1 is 0.968 bits per heavy atom. The number of hydrogen-bond acceptors (Lipinski definition) is 4. The number of ether oxygens (including phenoxy) is 1. The van der Waals surface area contributed by atoms with Gasteiger partial charge in [-0.1, -0.05) is 18.2 Å². The molecule has 2 amide bonds. The highest BCUT2D eigenvalue weighted by Crippen LogP contribution is 2.26. The SMILES string of the molecule is O=C(Nc1ccc(Oc2ccccc2F)cc1)C1CCN(C(=O)c2ccccn2)CC1. The van der Waals surface area contributed by atoms with E-state index in [1.165, 1.54) is 6.07 Å². The minimum absolute atomic E-state index is 0.0762. The number of aromatic nitrogens is 1. The second kappa shape index (κ2) is 9.38. The molecule has 6 nitrogen and oxygen atoms in total. The molecule has 1 N–H and O–H groups in total. The predicted octanol–water partition coefficient (Wildman–Crippen LogP) is 4.50. The van der Waals surface area contributed by atoms with E-state index in [0.29, 0.717) is 43.1 Å². The molecule has 7 heteroatoms. The number of carbonyl (C=O) groups is 2. The lowest BCUT2D eigenvalue weighted by molar-refractivity contribution is -0.121. The minimum atomic E-state index is -0.437. The minimum Gasteiger partial charge on any atom is -0.454 e. The number of nitrogens with one attached hydrogen (secondary N) is 1. The fourth-order valence-electron chi connectivity index (χ4n) is 3.50. The quantitative estimate of drug-likeness (QED) is 0.661. The molecule has 1 aliphatic heterocycles. The molecular weight excluding hydrogens is 397 g/mol. The van der Waals surface area contributed by atoms with Crippen molar-refractivity contribution >= 4 is 17.5 Å². The highest BCUT2D eigenvalue weighted by molar-refractivity contribution is 5.94. The number of rotatable bonds is 5. The van der Waals surface area contributed by atoms with Crippen LogP contribution in [0.1, 0.15) is 23.3 Å². The summed E-state index contributed by atoms with van der Waals surface area (Å²) in [4.78, 5) is 30.9. The average Bonchev–Trinajstić information content (AvgIpc) is 2.82. The molecule has 158 valence electrons. The van der Waals surface area contributed by atoms with Crippen LogP contribution in [0.3, 0.4) is 0 Å². The number of likely N-dealkylation sites (tertiary alicyclic amines) is 1. The van der Waals surface area contributed by atoms with Crippen LogP contribution in [-0.2, 0) is 4.79 Å². The number of carbonyl (C=O) groups excluding carboxylic acids is 2. The van der Waals surface area contributed by atoms with E-state index in [1.807, 2.05) is 0 Å². The Morgan fingerprint density at radius 3 is 2.35 bits per heavy atom. The molecular formula is C24H22FN3O3. The van der Waals surface area contributed by atoms with Gasteiger partial charge in [-0.15, -0.1) is 0 Å². The molecule has 0 bridgehead atoms. The van der Waals surface area contributed by atoms with Gasteiger partial charge in [0.15, 0.2) is 11.6 Å². The number of para-hydroxylation sites is 1. The van der Waals surface area contributed by atoms with Crippen molar-refractivity contribution in [3.05, 3.63) is 84.4 Å². The zero-order valence-corrected chi connectivity index (χ0v) is 16.8. The van der Waals surface area contributed by atoms with Crippen LogP contribution < -0.4 is 10.1 Å². The van der Waals surface area contributed by atoms with Crippen molar-refractivity contribution in [2.45, 2.75) is 12.8 Å². The van der Waals surface area contributed by atoms with E-state index in [2.05, 4.69) is 10.3 Å². The lowest BCUT2D eigenvalue weighted by atomic mass is 9.95. The lowest BCUT2D eigenvalue weighted by Gasteiger charge is -2.31. The molecule has 0 unspecified atom stereocenters. The van der Waals surface area contributed by atoms with Crippen molar-refractivity contribution in [1.82, 2.24) is 9.88 Å². The third kappa shape index (κ3) is 5.06. The van der Waals surface area contributed by atoms with Gasteiger partial charge in [-0.2, -0.15) is 0 Å². The maximum absolute atomic E-state index is 13.7. The topological polar surface area (TPSA) is 71.5 Å². The third-order valence-corrected chi connectivity index (χ3v) is 5.22. The van der Waals surface area contributed by atoms with E-state index in [9.17, 15) is 14.0 Å². The van der Waals surface area contributed by atoms with Gasteiger partial charge < -0.3 is 15.0 Å². The van der Waals surface area contributed by atoms with Crippen LogP contribution in [0.4, 0.5) is 10.1 Å². The molecule has 0 radical (unpaired) electrons. The molecule has 31 heavy (non-hydrogen) atoms. The normalized spacial score (nSPS) is 14.2. The first-order chi connectivity index (χ1) is 15.1. The van der Waals surface area contributed by atoms with Crippen LogP contribution >= 0.6 is 0 Å². The number of nitrogens with zero attached hydrogens (tertiary/aromatic N) is 2. The largest absolute Gasteiger partial charge is 0.454 e. The smallest absolute Gasteiger partial charge is 0.272 e. The molecule has 2 heterocycles. The van der Waals surface area contributed by atoms with Crippen molar-refractivity contribution in [2.75, 3.05) is 18.4 Å². The Bertz CT molecular complexity index is 1050. The van der Waals surface area contributed by atoms with Crippen LogP contribution in [0.5, 0.6) is 11.5 Å². The maximum atomic E-state index is 13.7. The molecule has 1 aliphatic rings. The molecule has 1 fully saturated rings. The van der Waals surface area contributed by atoms with Crippen LogP contribution in [0, 0.1) is 11.7 Å². The van der Waals surface area contributed by atoms with Crippen LogP contribution in [0.2, 0.25) is 0 Å². The fourth-order valence-corrected chi connectivity index (χ4v) is 3.50. The van der Waals surface area contributed by atoms with Gasteiger partial charge in [-0.25, -0.2) is 4.39 Å². The Hall–Kier alpha value is -3.74. The van der Waals surface area contributed by atoms with Crippen molar-refractivity contribution in [3.8, 4) is 11.5 Å². The van der Waals surface area contributed by atoms with Crippen LogP contribution in [0.25, 0.3) is 0 Å². The second-order valence-corrected chi connectivity index (χ2v) is 7.33.